The molecule has 1 saturated heterocycles. The van der Waals surface area contributed by atoms with Crippen molar-refractivity contribution in [3.8, 4) is 5.75 Å². The molecule has 1 fully saturated rings. The van der Waals surface area contributed by atoms with Gasteiger partial charge in [-0.25, -0.2) is 4.99 Å². The number of nitrogens with one attached hydrogen (secondary N) is 2. The molecule has 2 N–H and O–H groups in total. The molecule has 1 heterocycles. The highest BCUT2D eigenvalue weighted by molar-refractivity contribution is 5.79. The highest BCUT2D eigenvalue weighted by Gasteiger charge is 2.17. The molecule has 7 heteroatoms. The van der Waals surface area contributed by atoms with Crippen LogP contribution in [0.4, 0.5) is 0 Å². The second kappa shape index (κ2) is 14.2. The Balaban J connectivity index is 1.86. The van der Waals surface area contributed by atoms with Crippen molar-refractivity contribution in [1.82, 2.24) is 15.5 Å². The smallest absolute Gasteiger partial charge is 0.191 e. The number of ether oxygens (including phenoxy) is 3. The van der Waals surface area contributed by atoms with Crippen LogP contribution < -0.4 is 15.4 Å². The first-order valence-electron chi connectivity index (χ1n) is 11.2. The molecular weight excluding hydrogens is 380 g/mol. The van der Waals surface area contributed by atoms with Gasteiger partial charge >= 0.3 is 0 Å². The lowest BCUT2D eigenvalue weighted by atomic mass is 10.1. The topological polar surface area (TPSA) is 67.4 Å². The molecule has 170 valence electrons. The number of methoxy groups -OCH3 is 1. The molecule has 1 aliphatic rings. The van der Waals surface area contributed by atoms with Crippen LogP contribution >= 0.6 is 0 Å². The molecule has 7 nitrogen and oxygen atoms in total. The van der Waals surface area contributed by atoms with Crippen LogP contribution in [0.25, 0.3) is 0 Å². The van der Waals surface area contributed by atoms with E-state index in [0.29, 0.717) is 13.2 Å². The molecule has 1 aromatic rings. The van der Waals surface area contributed by atoms with Gasteiger partial charge in [-0.2, -0.15) is 0 Å². The maximum Gasteiger partial charge on any atom is 0.191 e. The van der Waals surface area contributed by atoms with Crippen molar-refractivity contribution in [2.45, 2.75) is 45.8 Å². The summed E-state index contributed by atoms with van der Waals surface area (Å²) in [7, 11) is 3.86. The monoisotopic (exact) mass is 420 g/mol. The zero-order valence-corrected chi connectivity index (χ0v) is 19.2. The van der Waals surface area contributed by atoms with Gasteiger partial charge in [0.15, 0.2) is 5.96 Å². The fourth-order valence-corrected chi connectivity index (χ4v) is 3.31. The van der Waals surface area contributed by atoms with Gasteiger partial charge in [-0.05, 0) is 58.3 Å². The van der Waals surface area contributed by atoms with Crippen molar-refractivity contribution >= 4 is 5.96 Å². The lowest BCUT2D eigenvalue weighted by Gasteiger charge is -2.17. The van der Waals surface area contributed by atoms with Crippen LogP contribution in [0, 0.1) is 6.92 Å². The number of benzene rings is 1. The molecule has 0 radical (unpaired) electrons. The average Bonchev–Trinajstić information content (AvgIpc) is 3.26. The summed E-state index contributed by atoms with van der Waals surface area (Å²) in [6.07, 6.45) is 3.46. The molecule has 1 aromatic carbocycles. The van der Waals surface area contributed by atoms with E-state index in [0.717, 1.165) is 75.9 Å². The number of rotatable bonds is 13. The zero-order valence-electron chi connectivity index (χ0n) is 19.2. The summed E-state index contributed by atoms with van der Waals surface area (Å²) in [6.45, 7) is 10.6. The third kappa shape index (κ3) is 9.32. The number of likely N-dealkylation sites (N-methyl/N-ethyl adjacent to an activating group) is 1. The summed E-state index contributed by atoms with van der Waals surface area (Å²) in [6, 6.07) is 6.31. The van der Waals surface area contributed by atoms with E-state index < -0.39 is 0 Å². The van der Waals surface area contributed by atoms with Crippen molar-refractivity contribution < 1.29 is 14.2 Å². The highest BCUT2D eigenvalue weighted by atomic mass is 16.5. The van der Waals surface area contributed by atoms with Crippen LogP contribution in [-0.4, -0.2) is 77.1 Å². The fraction of sp³-hybridized carbons (Fsp3) is 0.696. The van der Waals surface area contributed by atoms with E-state index in [4.69, 9.17) is 19.2 Å². The van der Waals surface area contributed by atoms with Crippen molar-refractivity contribution in [3.63, 3.8) is 0 Å². The van der Waals surface area contributed by atoms with Crippen molar-refractivity contribution in [2.75, 3.05) is 60.2 Å². The third-order valence-electron chi connectivity index (χ3n) is 5.11. The predicted molar refractivity (Wildman–Crippen MR) is 122 cm³/mol. The molecule has 1 atom stereocenters. The molecule has 0 spiro atoms. The van der Waals surface area contributed by atoms with Crippen LogP contribution in [0.5, 0.6) is 5.75 Å². The predicted octanol–water partition coefficient (Wildman–Crippen LogP) is 2.58. The molecule has 0 aliphatic carbocycles. The number of guanidine groups is 1. The zero-order chi connectivity index (χ0) is 21.6. The molecule has 0 saturated carbocycles. The van der Waals surface area contributed by atoms with E-state index in [-0.39, 0.29) is 6.10 Å². The second-order valence-corrected chi connectivity index (χ2v) is 7.83. The second-order valence-electron chi connectivity index (χ2n) is 7.83. The molecule has 1 aliphatic heterocycles. The number of hydrogen-bond acceptors (Lipinski definition) is 5. The van der Waals surface area contributed by atoms with Gasteiger partial charge in [-0.1, -0.05) is 12.1 Å². The summed E-state index contributed by atoms with van der Waals surface area (Å²) in [5, 5.41) is 6.76. The van der Waals surface area contributed by atoms with Crippen LogP contribution in [0.1, 0.15) is 37.3 Å². The van der Waals surface area contributed by atoms with Gasteiger partial charge < -0.3 is 29.7 Å². The summed E-state index contributed by atoms with van der Waals surface area (Å²) < 4.78 is 16.9. The van der Waals surface area contributed by atoms with Gasteiger partial charge in [-0.15, -0.1) is 0 Å². The van der Waals surface area contributed by atoms with Crippen molar-refractivity contribution in [2.24, 2.45) is 4.99 Å². The minimum atomic E-state index is 0.211. The molecule has 0 bridgehead atoms. The first-order valence-corrected chi connectivity index (χ1v) is 11.2. The fourth-order valence-electron chi connectivity index (χ4n) is 3.31. The number of aliphatic imine (C=N–C) groups is 1. The third-order valence-corrected chi connectivity index (χ3v) is 5.11. The largest absolute Gasteiger partial charge is 0.491 e. The Morgan fingerprint density at radius 2 is 2.17 bits per heavy atom. The average molecular weight is 421 g/mol. The van der Waals surface area contributed by atoms with Gasteiger partial charge in [0.05, 0.1) is 19.3 Å². The molecular formula is C23H40N4O3. The minimum Gasteiger partial charge on any atom is -0.491 e. The lowest BCUT2D eigenvalue weighted by Crippen LogP contribution is -2.38. The molecule has 30 heavy (non-hydrogen) atoms. The van der Waals surface area contributed by atoms with E-state index >= 15 is 0 Å². The quantitative estimate of drug-likeness (QED) is 0.290. The molecule has 2 rings (SSSR count). The molecule has 0 aromatic heterocycles. The van der Waals surface area contributed by atoms with Crippen molar-refractivity contribution in [3.05, 3.63) is 29.3 Å². The Kier molecular flexibility index (Phi) is 11.6. The Hall–Kier alpha value is -1.83. The Morgan fingerprint density at radius 3 is 2.90 bits per heavy atom. The maximum absolute atomic E-state index is 6.10. The van der Waals surface area contributed by atoms with Crippen LogP contribution in [0.15, 0.2) is 23.2 Å². The maximum atomic E-state index is 6.10. The van der Waals surface area contributed by atoms with E-state index in [9.17, 15) is 0 Å². The Morgan fingerprint density at radius 1 is 1.30 bits per heavy atom. The highest BCUT2D eigenvalue weighted by Crippen LogP contribution is 2.23. The van der Waals surface area contributed by atoms with E-state index in [1.165, 1.54) is 5.56 Å². The van der Waals surface area contributed by atoms with Gasteiger partial charge in [0, 0.05) is 38.9 Å². The first kappa shape index (κ1) is 24.4. The number of nitrogens with zero attached hydrogens (tertiary/aromatic N) is 2. The van der Waals surface area contributed by atoms with Crippen molar-refractivity contribution in [1.29, 1.82) is 0 Å². The number of aryl methyl sites for hydroxylation is 1. The van der Waals surface area contributed by atoms with Crippen LogP contribution in [0.3, 0.4) is 0 Å². The minimum absolute atomic E-state index is 0.211. The van der Waals surface area contributed by atoms with E-state index in [1.807, 2.05) is 0 Å². The summed E-state index contributed by atoms with van der Waals surface area (Å²) in [5.74, 6) is 1.74. The van der Waals surface area contributed by atoms with E-state index in [1.54, 1.807) is 7.11 Å². The van der Waals surface area contributed by atoms with Gasteiger partial charge in [0.2, 0.25) is 0 Å². The van der Waals surface area contributed by atoms with Gasteiger partial charge in [0.25, 0.3) is 0 Å². The summed E-state index contributed by atoms with van der Waals surface area (Å²) >= 11 is 0. The normalized spacial score (nSPS) is 16.8. The van der Waals surface area contributed by atoms with Gasteiger partial charge in [0.1, 0.15) is 12.4 Å². The summed E-state index contributed by atoms with van der Waals surface area (Å²) in [5.41, 5.74) is 2.28. The van der Waals surface area contributed by atoms with Crippen LogP contribution in [0.2, 0.25) is 0 Å². The molecule has 0 amide bonds. The van der Waals surface area contributed by atoms with Crippen LogP contribution in [-0.2, 0) is 16.0 Å². The lowest BCUT2D eigenvalue weighted by molar-refractivity contribution is 0.0676. The number of hydrogen-bond donors (Lipinski definition) is 2. The van der Waals surface area contributed by atoms with E-state index in [2.05, 4.69) is 54.6 Å². The standard InChI is InChI=1S/C23H40N4O3/c1-5-24-23(25-11-7-12-27(3)13-15-28-4)26-17-20-10-9-19(2)16-22(20)30-18-21-8-6-14-29-21/h9-10,16,21H,5-8,11-15,17-18H2,1-4H3,(H2,24,25,26). The van der Waals surface area contributed by atoms with Gasteiger partial charge in [-0.3, -0.25) is 0 Å². The Bertz CT molecular complexity index is 633. The molecule has 1 unspecified atom stereocenters. The SMILES string of the molecule is CCNC(=NCc1ccc(C)cc1OCC1CCCO1)NCCCN(C)CCOC. The first-order chi connectivity index (χ1) is 14.6. The Labute approximate surface area is 182 Å². The summed E-state index contributed by atoms with van der Waals surface area (Å²) in [4.78, 5) is 7.05.